The fourth-order valence-corrected chi connectivity index (χ4v) is 5.94. The highest BCUT2D eigenvalue weighted by Gasteiger charge is 2.27. The topological polar surface area (TPSA) is 110 Å². The molecular weight excluding hydrogens is 452 g/mol. The van der Waals surface area contributed by atoms with Crippen molar-refractivity contribution < 1.29 is 17.6 Å². The standard InChI is InChI=1S/C21H22N4O5S2/c26-20-22-16-4-1-2-5-18(16)25(20)8-3-13-31-21-23-17-14-15(6-7-19(17)30-21)32(27,28)24-9-11-29-12-10-24/h1-2,4-7,14H,3,8-13H2,(H,22,26). The zero-order valence-electron chi connectivity index (χ0n) is 17.2. The second kappa shape index (κ2) is 8.74. The molecule has 1 aliphatic heterocycles. The molecule has 11 heteroatoms. The number of thioether (sulfide) groups is 1. The minimum atomic E-state index is -3.58. The van der Waals surface area contributed by atoms with Gasteiger partial charge in [-0.05, 0) is 36.8 Å². The number of morpholine rings is 1. The number of nitrogens with one attached hydrogen (secondary N) is 1. The zero-order chi connectivity index (χ0) is 22.1. The van der Waals surface area contributed by atoms with E-state index >= 15 is 0 Å². The van der Waals surface area contributed by atoms with E-state index in [0.717, 1.165) is 17.5 Å². The second-order valence-electron chi connectivity index (χ2n) is 7.43. The normalized spacial score (nSPS) is 15.6. The molecule has 0 atom stereocenters. The number of rotatable bonds is 7. The molecule has 9 nitrogen and oxygen atoms in total. The molecule has 168 valence electrons. The number of para-hydroxylation sites is 2. The van der Waals surface area contributed by atoms with Gasteiger partial charge in [-0.3, -0.25) is 4.57 Å². The van der Waals surface area contributed by atoms with E-state index in [1.807, 2.05) is 24.3 Å². The molecule has 0 unspecified atom stereocenters. The number of oxazole rings is 1. The Morgan fingerprint density at radius 2 is 1.94 bits per heavy atom. The molecule has 0 aliphatic carbocycles. The van der Waals surface area contributed by atoms with Gasteiger partial charge >= 0.3 is 5.69 Å². The van der Waals surface area contributed by atoms with Crippen molar-refractivity contribution in [2.45, 2.75) is 23.1 Å². The largest absolute Gasteiger partial charge is 0.431 e. The molecule has 0 saturated carbocycles. The summed E-state index contributed by atoms with van der Waals surface area (Å²) >= 11 is 1.44. The number of benzene rings is 2. The first-order valence-corrected chi connectivity index (χ1v) is 12.7. The van der Waals surface area contributed by atoms with Crippen molar-refractivity contribution in [1.29, 1.82) is 0 Å². The van der Waals surface area contributed by atoms with Crippen LogP contribution in [0, 0.1) is 0 Å². The molecule has 5 rings (SSSR count). The minimum absolute atomic E-state index is 0.118. The number of aryl methyl sites for hydroxylation is 1. The van der Waals surface area contributed by atoms with Crippen molar-refractivity contribution in [3.05, 3.63) is 52.9 Å². The average Bonchev–Trinajstić information content (AvgIpc) is 3.36. The van der Waals surface area contributed by atoms with Gasteiger partial charge in [0.25, 0.3) is 5.22 Å². The first kappa shape index (κ1) is 21.3. The number of aromatic amines is 1. The highest BCUT2D eigenvalue weighted by atomic mass is 32.2. The average molecular weight is 475 g/mol. The molecule has 1 N–H and O–H groups in total. The van der Waals surface area contributed by atoms with Gasteiger partial charge in [-0.1, -0.05) is 23.9 Å². The van der Waals surface area contributed by atoms with E-state index in [1.165, 1.54) is 16.1 Å². The van der Waals surface area contributed by atoms with E-state index < -0.39 is 10.0 Å². The second-order valence-corrected chi connectivity index (χ2v) is 10.4. The third-order valence-corrected chi connectivity index (χ3v) is 8.19. The number of aromatic nitrogens is 3. The lowest BCUT2D eigenvalue weighted by atomic mass is 10.3. The maximum Gasteiger partial charge on any atom is 0.326 e. The summed E-state index contributed by atoms with van der Waals surface area (Å²) in [7, 11) is -3.58. The molecule has 0 amide bonds. The third-order valence-electron chi connectivity index (χ3n) is 5.38. The van der Waals surface area contributed by atoms with Crippen molar-refractivity contribution >= 4 is 43.9 Å². The molecule has 32 heavy (non-hydrogen) atoms. The van der Waals surface area contributed by atoms with Crippen LogP contribution in [0.2, 0.25) is 0 Å². The van der Waals surface area contributed by atoms with Crippen LogP contribution in [0.15, 0.2) is 61.8 Å². The Balaban J connectivity index is 1.25. The molecule has 0 spiro atoms. The van der Waals surface area contributed by atoms with E-state index in [9.17, 15) is 13.2 Å². The molecule has 4 aromatic rings. The van der Waals surface area contributed by atoms with Gasteiger partial charge in [0, 0.05) is 25.4 Å². The molecule has 2 aromatic carbocycles. The van der Waals surface area contributed by atoms with Gasteiger partial charge in [0.2, 0.25) is 10.0 Å². The van der Waals surface area contributed by atoms with Crippen molar-refractivity contribution in [2.24, 2.45) is 0 Å². The quantitative estimate of drug-likeness (QED) is 0.324. The molecular formula is C21H22N4O5S2. The highest BCUT2D eigenvalue weighted by molar-refractivity contribution is 7.99. The SMILES string of the molecule is O=c1[nH]c2ccccc2n1CCCSc1nc2cc(S(=O)(=O)N3CCOCC3)ccc2o1. The molecule has 1 saturated heterocycles. The Kier molecular flexibility index (Phi) is 5.80. The van der Waals surface area contributed by atoms with Crippen molar-refractivity contribution in [2.75, 3.05) is 32.1 Å². The number of imidazole rings is 1. The molecule has 1 aliphatic rings. The number of ether oxygens (including phenoxy) is 1. The number of nitrogens with zero attached hydrogens (tertiary/aromatic N) is 3. The Hall–Kier alpha value is -2.60. The van der Waals surface area contributed by atoms with Crippen LogP contribution in [0.4, 0.5) is 0 Å². The zero-order valence-corrected chi connectivity index (χ0v) is 18.8. The summed E-state index contributed by atoms with van der Waals surface area (Å²) in [6.45, 7) is 2.07. The van der Waals surface area contributed by atoms with Crippen LogP contribution >= 0.6 is 11.8 Å². The summed E-state index contributed by atoms with van der Waals surface area (Å²) < 4.78 is 39.9. The molecule has 3 heterocycles. The van der Waals surface area contributed by atoms with Crippen LogP contribution in [0.25, 0.3) is 22.1 Å². The van der Waals surface area contributed by atoms with Gasteiger partial charge in [-0.2, -0.15) is 4.31 Å². The van der Waals surface area contributed by atoms with Crippen LogP contribution < -0.4 is 5.69 Å². The highest BCUT2D eigenvalue weighted by Crippen LogP contribution is 2.27. The van der Waals surface area contributed by atoms with Gasteiger partial charge in [-0.25, -0.2) is 18.2 Å². The van der Waals surface area contributed by atoms with Gasteiger partial charge < -0.3 is 14.1 Å². The summed E-state index contributed by atoms with van der Waals surface area (Å²) in [5, 5.41) is 0.479. The Morgan fingerprint density at radius 3 is 2.78 bits per heavy atom. The fourth-order valence-electron chi connectivity index (χ4n) is 3.76. The molecule has 1 fully saturated rings. The third kappa shape index (κ3) is 4.08. The van der Waals surface area contributed by atoms with Crippen molar-refractivity contribution in [3.8, 4) is 0 Å². The predicted octanol–water partition coefficient (Wildman–Crippen LogP) is 2.67. The van der Waals surface area contributed by atoms with Gasteiger partial charge in [-0.15, -0.1) is 0 Å². The van der Waals surface area contributed by atoms with Crippen LogP contribution in [0.5, 0.6) is 0 Å². The summed E-state index contributed by atoms with van der Waals surface area (Å²) in [5.41, 5.74) is 2.65. The summed E-state index contributed by atoms with van der Waals surface area (Å²) in [6, 6.07) is 12.4. The van der Waals surface area contributed by atoms with Gasteiger partial charge in [0.1, 0.15) is 5.52 Å². The summed E-state index contributed by atoms with van der Waals surface area (Å²) in [4.78, 5) is 19.7. The number of hydrogen-bond donors (Lipinski definition) is 1. The minimum Gasteiger partial charge on any atom is -0.431 e. The van der Waals surface area contributed by atoms with Gasteiger partial charge in [0.15, 0.2) is 5.58 Å². The van der Waals surface area contributed by atoms with Crippen LogP contribution in [-0.2, 0) is 21.3 Å². The Bertz CT molecular complexity index is 1420. The lowest BCUT2D eigenvalue weighted by Gasteiger charge is -2.25. The predicted molar refractivity (Wildman–Crippen MR) is 121 cm³/mol. The molecule has 2 aromatic heterocycles. The maximum atomic E-state index is 12.9. The van der Waals surface area contributed by atoms with E-state index in [4.69, 9.17) is 9.15 Å². The van der Waals surface area contributed by atoms with Crippen molar-refractivity contribution in [3.63, 3.8) is 0 Å². The summed E-state index contributed by atoms with van der Waals surface area (Å²) in [6.07, 6.45) is 0.752. The maximum absolute atomic E-state index is 12.9. The Morgan fingerprint density at radius 1 is 1.12 bits per heavy atom. The first-order chi connectivity index (χ1) is 15.5. The van der Waals surface area contributed by atoms with Crippen LogP contribution in [0.3, 0.4) is 0 Å². The number of hydrogen-bond acceptors (Lipinski definition) is 7. The van der Waals surface area contributed by atoms with E-state index in [-0.39, 0.29) is 10.6 Å². The fraction of sp³-hybridized carbons (Fsp3) is 0.333. The van der Waals surface area contributed by atoms with E-state index in [2.05, 4.69) is 9.97 Å². The Labute approximate surface area is 188 Å². The monoisotopic (exact) mass is 474 g/mol. The van der Waals surface area contributed by atoms with E-state index in [0.29, 0.717) is 54.9 Å². The summed E-state index contributed by atoms with van der Waals surface area (Å²) in [5.74, 6) is 0.706. The first-order valence-electron chi connectivity index (χ1n) is 10.3. The molecule has 0 bridgehead atoms. The van der Waals surface area contributed by atoms with Crippen LogP contribution in [-0.4, -0.2) is 59.3 Å². The smallest absolute Gasteiger partial charge is 0.326 e. The lowest BCUT2D eigenvalue weighted by molar-refractivity contribution is 0.0730. The number of fused-ring (bicyclic) bond motifs is 2. The van der Waals surface area contributed by atoms with Crippen molar-refractivity contribution in [1.82, 2.24) is 18.8 Å². The molecule has 0 radical (unpaired) electrons. The van der Waals surface area contributed by atoms with E-state index in [1.54, 1.807) is 22.8 Å². The lowest BCUT2D eigenvalue weighted by Crippen LogP contribution is -2.40. The van der Waals surface area contributed by atoms with Crippen LogP contribution in [0.1, 0.15) is 6.42 Å². The number of H-pyrrole nitrogens is 1. The van der Waals surface area contributed by atoms with Gasteiger partial charge in [0.05, 0.1) is 29.1 Å². The number of sulfonamides is 1.